The maximum absolute atomic E-state index is 14.9. The number of morpholine rings is 1. The third-order valence-electron chi connectivity index (χ3n) is 12.9. The molecule has 342 valence electrons. The van der Waals surface area contributed by atoms with Crippen LogP contribution >= 0.6 is 22.9 Å². The maximum atomic E-state index is 14.9. The van der Waals surface area contributed by atoms with Crippen molar-refractivity contribution >= 4 is 62.8 Å². The summed E-state index contributed by atoms with van der Waals surface area (Å²) < 4.78 is 29.6. The smallest absolute Gasteiger partial charge is 0.408 e. The highest BCUT2D eigenvalue weighted by Gasteiger charge is 2.62. The minimum Gasteiger partial charge on any atom is -0.490 e. The molecule has 0 spiro atoms. The van der Waals surface area contributed by atoms with E-state index in [0.29, 0.717) is 78.3 Å². The van der Waals surface area contributed by atoms with Gasteiger partial charge in [0.2, 0.25) is 11.8 Å². The topological polar surface area (TPSA) is 192 Å². The Kier molecular flexibility index (Phi) is 13.0. The number of likely N-dealkylation sites (tertiary alicyclic amines) is 1. The number of nitrogens with zero attached hydrogens (tertiary/aromatic N) is 3. The van der Waals surface area contributed by atoms with Crippen LogP contribution in [0.25, 0.3) is 22.3 Å². The number of alkyl carbamates (subject to hydrolysis) is 1. The molecule has 1 aromatic carbocycles. The van der Waals surface area contributed by atoms with Gasteiger partial charge in [-0.25, -0.2) is 19.6 Å². The third-order valence-corrected chi connectivity index (χ3v) is 14.1. The molecule has 2 aliphatic heterocycles. The predicted octanol–water partition coefficient (Wildman–Crippen LogP) is 5.94. The average molecular weight is 911 g/mol. The molecule has 5 fully saturated rings. The highest BCUT2D eigenvalue weighted by atomic mass is 35.5. The second-order valence-corrected chi connectivity index (χ2v) is 20.3. The first-order chi connectivity index (χ1) is 30.1. The summed E-state index contributed by atoms with van der Waals surface area (Å²) in [6, 6.07) is 3.46. The summed E-state index contributed by atoms with van der Waals surface area (Å²) in [5.74, 6) is 0.459. The number of carbonyl (C=O) groups excluding carboxylic acids is 4. The van der Waals surface area contributed by atoms with Crippen LogP contribution in [-0.4, -0.2) is 121 Å². The van der Waals surface area contributed by atoms with Crippen molar-refractivity contribution < 1.29 is 42.9 Å². The van der Waals surface area contributed by atoms with E-state index in [9.17, 15) is 19.2 Å². The van der Waals surface area contributed by atoms with Gasteiger partial charge in [-0.1, -0.05) is 45.7 Å². The largest absolute Gasteiger partial charge is 0.490 e. The third kappa shape index (κ3) is 9.81. The van der Waals surface area contributed by atoms with Gasteiger partial charge in [0.1, 0.15) is 58.7 Å². The number of methoxy groups -OCH3 is 1. The van der Waals surface area contributed by atoms with Crippen LogP contribution in [0.4, 0.5) is 9.93 Å². The van der Waals surface area contributed by atoms with Crippen LogP contribution in [0.5, 0.6) is 11.5 Å². The molecule has 2 aromatic heterocycles. The minimum atomic E-state index is -1.19. The molecule has 4 heterocycles. The van der Waals surface area contributed by atoms with Crippen molar-refractivity contribution in [1.82, 2.24) is 30.8 Å². The van der Waals surface area contributed by atoms with Crippen molar-refractivity contribution in [3.8, 4) is 22.9 Å². The van der Waals surface area contributed by atoms with E-state index in [1.807, 2.05) is 53.0 Å². The number of esters is 1. The van der Waals surface area contributed by atoms with E-state index >= 15 is 0 Å². The van der Waals surface area contributed by atoms with E-state index in [1.165, 1.54) is 29.8 Å². The maximum Gasteiger partial charge on any atom is 0.408 e. The highest BCUT2D eigenvalue weighted by Crippen LogP contribution is 2.52. The second kappa shape index (κ2) is 18.2. The molecular weight excluding hydrogens is 850 g/mol. The molecule has 4 N–H and O–H groups in total. The lowest BCUT2D eigenvalue weighted by molar-refractivity contribution is -0.148. The van der Waals surface area contributed by atoms with Gasteiger partial charge in [0.25, 0.3) is 0 Å². The zero-order valence-corrected chi connectivity index (χ0v) is 38.7. The Bertz CT molecular complexity index is 2200. The number of carbonyl (C=O) groups is 4. The first kappa shape index (κ1) is 45.1. The number of halogens is 1. The molecule has 8 rings (SSSR count). The molecule has 9 atom stereocenters. The lowest BCUT2D eigenvalue weighted by Gasteiger charge is -2.35. The molecular formula is C45H60ClN7O9S. The molecule has 3 amide bonds. The van der Waals surface area contributed by atoms with Gasteiger partial charge in [-0.15, -0.1) is 11.3 Å². The lowest BCUT2D eigenvalue weighted by Crippen LogP contribution is -2.59. The van der Waals surface area contributed by atoms with Gasteiger partial charge in [0.15, 0.2) is 5.13 Å². The molecule has 63 heavy (non-hydrogen) atoms. The normalized spacial score (nSPS) is 28.0. The summed E-state index contributed by atoms with van der Waals surface area (Å²) in [6.07, 6.45) is 2.45. The van der Waals surface area contributed by atoms with E-state index in [0.717, 1.165) is 24.5 Å². The Morgan fingerprint density at radius 2 is 1.84 bits per heavy atom. The number of ether oxygens (including phenoxy) is 5. The van der Waals surface area contributed by atoms with Crippen LogP contribution in [0.2, 0.25) is 5.02 Å². The van der Waals surface area contributed by atoms with E-state index in [2.05, 4.69) is 21.3 Å². The van der Waals surface area contributed by atoms with Crippen molar-refractivity contribution in [1.29, 1.82) is 0 Å². The van der Waals surface area contributed by atoms with Crippen LogP contribution < -0.4 is 30.7 Å². The van der Waals surface area contributed by atoms with Gasteiger partial charge in [-0.05, 0) is 74.8 Å². The first-order valence-corrected chi connectivity index (χ1v) is 23.5. The fraction of sp³-hybridized carbons (Fsp3) is 0.644. The Morgan fingerprint density at radius 1 is 1.06 bits per heavy atom. The predicted molar refractivity (Wildman–Crippen MR) is 238 cm³/mol. The number of hydrogen-bond acceptors (Lipinski definition) is 14. The molecule has 3 aromatic rings. The Morgan fingerprint density at radius 3 is 2.51 bits per heavy atom. The first-order valence-electron chi connectivity index (χ1n) is 22.2. The summed E-state index contributed by atoms with van der Waals surface area (Å²) in [6.45, 7) is 13.8. The van der Waals surface area contributed by atoms with Crippen LogP contribution in [0.3, 0.4) is 0 Å². The van der Waals surface area contributed by atoms with E-state index < -0.39 is 53.0 Å². The Balaban J connectivity index is 1.11. The molecule has 3 aliphatic carbocycles. The SMILES string of the molecule is CC[C@@H]1C[C@]1(NC(=O)[C@@H]1C[C@@H](Oc2cc(-c3csc(NC(C)C)n3)nc3c(Cl)c(OC[C@@H]4COCCN4)ccc23)CN1C(=O)[C@@H](NC(=O)OC1C[C@@H]2C[C@@H]2C1)C(C)(C)C)C(=O)OC. The molecule has 1 unspecified atom stereocenters. The molecule has 5 aliphatic rings. The Labute approximate surface area is 377 Å². The number of hydrogen-bond donors (Lipinski definition) is 4. The van der Waals surface area contributed by atoms with Crippen molar-refractivity contribution in [2.24, 2.45) is 23.2 Å². The van der Waals surface area contributed by atoms with Crippen molar-refractivity contribution in [2.75, 3.05) is 45.3 Å². The zero-order chi connectivity index (χ0) is 44.8. The summed E-state index contributed by atoms with van der Waals surface area (Å²) in [5, 5.41) is 16.1. The number of benzene rings is 1. The summed E-state index contributed by atoms with van der Waals surface area (Å²) in [7, 11) is 1.30. The van der Waals surface area contributed by atoms with Crippen molar-refractivity contribution in [3.05, 3.63) is 28.6 Å². The summed E-state index contributed by atoms with van der Waals surface area (Å²) in [4.78, 5) is 67.1. The number of amides is 3. The molecule has 2 saturated heterocycles. The molecule has 18 heteroatoms. The number of anilines is 1. The second-order valence-electron chi connectivity index (χ2n) is 19.1. The van der Waals surface area contributed by atoms with E-state index in [-0.39, 0.29) is 42.1 Å². The Hall–Kier alpha value is -4.45. The van der Waals surface area contributed by atoms with Gasteiger partial charge >= 0.3 is 12.1 Å². The molecule has 0 bridgehead atoms. The standard InChI is InChI=1S/C45H60ClN7O9S/c1-8-26-18-45(26,41(56)58-7)52-39(54)33-16-29(19-53(33)40(55)38(44(4,5)6)51-43(57)62-28-14-24-13-25(24)15-28)61-35-17-31(32-22-63-42(50-32)48-23(2)3)49-37-30(35)9-10-34(36(37)46)60-21-27-20-59-12-11-47-27/h9-10,17,22-29,33,38,47H,8,11-16,18-21H2,1-7H3,(H,48,50)(H,51,57)(H,52,54)/t24-,25+,26-,27+,28?,29-,33+,38-,45-/m1/s1. The number of aromatic nitrogens is 2. The van der Waals surface area contributed by atoms with Gasteiger partial charge in [0, 0.05) is 35.8 Å². The van der Waals surface area contributed by atoms with Crippen LogP contribution in [0.1, 0.15) is 80.1 Å². The minimum absolute atomic E-state index is 0.00165. The van der Waals surface area contributed by atoms with Crippen LogP contribution in [-0.2, 0) is 28.6 Å². The number of nitrogens with one attached hydrogen (secondary N) is 4. The number of thiazole rings is 1. The number of pyridine rings is 1. The van der Waals surface area contributed by atoms with Gasteiger partial charge in [0.05, 0.1) is 44.1 Å². The fourth-order valence-corrected chi connectivity index (χ4v) is 10.5. The quantitative estimate of drug-likeness (QED) is 0.131. The average Bonchev–Trinajstić information content (AvgIpc) is 3.91. The highest BCUT2D eigenvalue weighted by molar-refractivity contribution is 7.14. The van der Waals surface area contributed by atoms with Gasteiger partial charge < -0.3 is 49.9 Å². The molecule has 16 nitrogen and oxygen atoms in total. The number of fused-ring (bicyclic) bond motifs is 2. The molecule has 0 radical (unpaired) electrons. The van der Waals surface area contributed by atoms with Crippen LogP contribution in [0.15, 0.2) is 23.6 Å². The summed E-state index contributed by atoms with van der Waals surface area (Å²) in [5.41, 5.74) is -0.429. The lowest BCUT2D eigenvalue weighted by atomic mass is 9.85. The number of rotatable bonds is 15. The molecule has 3 saturated carbocycles. The van der Waals surface area contributed by atoms with Crippen molar-refractivity contribution in [2.45, 2.75) is 122 Å². The monoisotopic (exact) mass is 909 g/mol. The fourth-order valence-electron chi connectivity index (χ4n) is 9.36. The van der Waals surface area contributed by atoms with Crippen molar-refractivity contribution in [3.63, 3.8) is 0 Å². The summed E-state index contributed by atoms with van der Waals surface area (Å²) >= 11 is 8.56. The van der Waals surface area contributed by atoms with Gasteiger partial charge in [-0.3, -0.25) is 9.59 Å². The van der Waals surface area contributed by atoms with Gasteiger partial charge in [-0.2, -0.15) is 0 Å². The van der Waals surface area contributed by atoms with E-state index in [4.69, 9.17) is 45.3 Å². The van der Waals surface area contributed by atoms with E-state index in [1.54, 1.807) is 12.1 Å². The zero-order valence-electron chi connectivity index (χ0n) is 37.1. The van der Waals surface area contributed by atoms with Crippen LogP contribution in [0, 0.1) is 23.2 Å².